The Morgan fingerprint density at radius 2 is 1.91 bits per heavy atom. The second-order valence-electron chi connectivity index (χ2n) is 5.17. The predicted octanol–water partition coefficient (Wildman–Crippen LogP) is 1.33. The molecule has 0 saturated carbocycles. The third kappa shape index (κ3) is 4.61. The molecular weight excluding hydrogens is 314 g/mol. The molecule has 122 valence electrons. The second-order valence-corrected chi connectivity index (χ2v) is 7.21. The summed E-state index contributed by atoms with van der Waals surface area (Å²) in [4.78, 5) is 16.5. The third-order valence-electron chi connectivity index (χ3n) is 3.44. The number of amides is 1. The topological polar surface area (TPSA) is 79.4 Å². The number of likely N-dealkylation sites (N-methyl/N-ethyl adjacent to an activating group) is 1. The van der Waals surface area contributed by atoms with Crippen LogP contribution in [0.15, 0.2) is 54.9 Å². The first kappa shape index (κ1) is 17.1. The van der Waals surface area contributed by atoms with Crippen molar-refractivity contribution < 1.29 is 13.2 Å². The van der Waals surface area contributed by atoms with Gasteiger partial charge in [0.2, 0.25) is 15.9 Å². The van der Waals surface area contributed by atoms with E-state index in [0.717, 1.165) is 16.1 Å². The average molecular weight is 333 g/mol. The molecule has 0 spiro atoms. The van der Waals surface area contributed by atoms with Crippen molar-refractivity contribution >= 4 is 15.9 Å². The summed E-state index contributed by atoms with van der Waals surface area (Å²) in [5.74, 6) is -0.382. The summed E-state index contributed by atoms with van der Waals surface area (Å²) in [6.07, 6.45) is 4.38. The highest BCUT2D eigenvalue weighted by Crippen LogP contribution is 2.22. The highest BCUT2D eigenvalue weighted by molar-refractivity contribution is 7.88. The van der Waals surface area contributed by atoms with Crippen LogP contribution in [0.4, 0.5) is 0 Å². The lowest BCUT2D eigenvalue weighted by Gasteiger charge is -2.25. The zero-order valence-electron chi connectivity index (χ0n) is 13.0. The summed E-state index contributed by atoms with van der Waals surface area (Å²) in [5.41, 5.74) is 1.46. The van der Waals surface area contributed by atoms with Crippen LogP contribution >= 0.6 is 0 Å². The monoisotopic (exact) mass is 333 g/mol. The Balaban J connectivity index is 2.21. The fourth-order valence-corrected chi connectivity index (χ4v) is 2.74. The Labute approximate surface area is 136 Å². The first-order valence-electron chi connectivity index (χ1n) is 7.04. The van der Waals surface area contributed by atoms with Gasteiger partial charge in [-0.3, -0.25) is 9.78 Å². The van der Waals surface area contributed by atoms with Gasteiger partial charge < -0.3 is 5.32 Å². The minimum absolute atomic E-state index is 0.285. The molecule has 2 aromatic rings. The van der Waals surface area contributed by atoms with Crippen LogP contribution in [0.2, 0.25) is 0 Å². The quantitative estimate of drug-likeness (QED) is 0.865. The number of carbonyl (C=O) groups is 1. The Morgan fingerprint density at radius 1 is 1.22 bits per heavy atom. The van der Waals surface area contributed by atoms with Gasteiger partial charge in [-0.05, 0) is 17.2 Å². The van der Waals surface area contributed by atoms with Gasteiger partial charge in [-0.25, -0.2) is 8.42 Å². The second kappa shape index (κ2) is 7.34. The molecule has 0 aliphatic carbocycles. The fourth-order valence-electron chi connectivity index (χ4n) is 2.14. The summed E-state index contributed by atoms with van der Waals surface area (Å²) in [6, 6.07) is 11.5. The van der Waals surface area contributed by atoms with Crippen LogP contribution in [0.3, 0.4) is 0 Å². The van der Waals surface area contributed by atoms with Gasteiger partial charge in [0.1, 0.15) is 6.04 Å². The predicted molar refractivity (Wildman–Crippen MR) is 87.9 cm³/mol. The number of nitrogens with zero attached hydrogens (tertiary/aromatic N) is 2. The number of sulfonamides is 1. The zero-order valence-corrected chi connectivity index (χ0v) is 13.8. The molecule has 7 heteroatoms. The molecule has 0 unspecified atom stereocenters. The normalized spacial score (nSPS) is 12.8. The largest absolute Gasteiger partial charge is 0.350 e. The lowest BCUT2D eigenvalue weighted by atomic mass is 10.1. The number of pyridine rings is 1. The molecule has 0 aliphatic rings. The maximum absolute atomic E-state index is 12.6. The van der Waals surface area contributed by atoms with Gasteiger partial charge in [-0.2, -0.15) is 4.31 Å². The Morgan fingerprint density at radius 3 is 2.48 bits per heavy atom. The smallest absolute Gasteiger partial charge is 0.243 e. The maximum atomic E-state index is 12.6. The van der Waals surface area contributed by atoms with E-state index in [0.29, 0.717) is 5.56 Å². The van der Waals surface area contributed by atoms with Gasteiger partial charge in [0, 0.05) is 26.0 Å². The average Bonchev–Trinajstić information content (AvgIpc) is 2.54. The molecule has 2 rings (SSSR count). The van der Waals surface area contributed by atoms with E-state index >= 15 is 0 Å². The van der Waals surface area contributed by atoms with Gasteiger partial charge in [0.05, 0.1) is 6.26 Å². The van der Waals surface area contributed by atoms with Crippen LogP contribution in [-0.2, 0) is 21.4 Å². The number of hydrogen-bond acceptors (Lipinski definition) is 4. The van der Waals surface area contributed by atoms with Crippen molar-refractivity contribution in [3.63, 3.8) is 0 Å². The first-order valence-corrected chi connectivity index (χ1v) is 8.89. The highest BCUT2D eigenvalue weighted by Gasteiger charge is 2.30. The Hall–Kier alpha value is -2.25. The molecule has 1 heterocycles. The number of rotatable bonds is 6. The van der Waals surface area contributed by atoms with Gasteiger partial charge >= 0.3 is 0 Å². The molecule has 0 fully saturated rings. The lowest BCUT2D eigenvalue weighted by molar-refractivity contribution is -0.124. The summed E-state index contributed by atoms with van der Waals surface area (Å²) in [7, 11) is -2.12. The van der Waals surface area contributed by atoms with Crippen molar-refractivity contribution in [2.75, 3.05) is 13.3 Å². The van der Waals surface area contributed by atoms with Crippen LogP contribution in [-0.4, -0.2) is 36.9 Å². The van der Waals surface area contributed by atoms with E-state index in [2.05, 4.69) is 10.3 Å². The van der Waals surface area contributed by atoms with Crippen LogP contribution in [0.25, 0.3) is 0 Å². The fraction of sp³-hybridized carbons (Fsp3) is 0.250. The minimum atomic E-state index is -3.52. The van der Waals surface area contributed by atoms with Gasteiger partial charge in [-0.15, -0.1) is 0 Å². The summed E-state index contributed by atoms with van der Waals surface area (Å²) in [6.45, 7) is 0.285. The molecule has 1 amide bonds. The van der Waals surface area contributed by atoms with Crippen molar-refractivity contribution in [3.8, 4) is 0 Å². The van der Waals surface area contributed by atoms with E-state index in [-0.39, 0.29) is 12.5 Å². The van der Waals surface area contributed by atoms with Crippen LogP contribution < -0.4 is 5.32 Å². The summed E-state index contributed by atoms with van der Waals surface area (Å²) in [5, 5.41) is 2.77. The van der Waals surface area contributed by atoms with Gasteiger partial charge in [-0.1, -0.05) is 36.4 Å². The molecular formula is C16H19N3O3S. The first-order chi connectivity index (χ1) is 10.9. The van der Waals surface area contributed by atoms with Crippen molar-refractivity contribution in [1.82, 2.24) is 14.6 Å². The molecule has 6 nitrogen and oxygen atoms in total. The van der Waals surface area contributed by atoms with Crippen molar-refractivity contribution in [3.05, 3.63) is 66.0 Å². The maximum Gasteiger partial charge on any atom is 0.243 e. The molecule has 1 N–H and O–H groups in total. The standard InChI is InChI=1S/C16H19N3O3S/c1-19(23(2,21)22)15(14-8-4-3-5-9-14)16(20)18-12-13-7-6-10-17-11-13/h3-11,15H,12H2,1-2H3,(H,18,20)/t15-/m0/s1. The molecule has 1 aromatic carbocycles. The highest BCUT2D eigenvalue weighted by atomic mass is 32.2. The van der Waals surface area contributed by atoms with E-state index in [1.165, 1.54) is 7.05 Å². The lowest BCUT2D eigenvalue weighted by Crippen LogP contribution is -2.41. The zero-order chi connectivity index (χ0) is 16.9. The van der Waals surface area contributed by atoms with Gasteiger partial charge in [0.15, 0.2) is 0 Å². The molecule has 0 bridgehead atoms. The number of nitrogens with one attached hydrogen (secondary N) is 1. The van der Waals surface area contributed by atoms with E-state index < -0.39 is 16.1 Å². The van der Waals surface area contributed by atoms with E-state index in [9.17, 15) is 13.2 Å². The minimum Gasteiger partial charge on any atom is -0.350 e. The molecule has 1 aromatic heterocycles. The molecule has 1 atom stereocenters. The van der Waals surface area contributed by atoms with Crippen LogP contribution in [0, 0.1) is 0 Å². The number of aromatic nitrogens is 1. The van der Waals surface area contributed by atoms with E-state index in [4.69, 9.17) is 0 Å². The Kier molecular flexibility index (Phi) is 5.46. The molecule has 0 saturated heterocycles. The van der Waals surface area contributed by atoms with Crippen LogP contribution in [0.5, 0.6) is 0 Å². The molecule has 0 aliphatic heterocycles. The van der Waals surface area contributed by atoms with Crippen LogP contribution in [0.1, 0.15) is 17.2 Å². The third-order valence-corrected chi connectivity index (χ3v) is 4.70. The van der Waals surface area contributed by atoms with Crippen molar-refractivity contribution in [2.24, 2.45) is 0 Å². The van der Waals surface area contributed by atoms with Crippen molar-refractivity contribution in [1.29, 1.82) is 0 Å². The summed E-state index contributed by atoms with van der Waals surface area (Å²) >= 11 is 0. The van der Waals surface area contributed by atoms with E-state index in [1.807, 2.05) is 12.1 Å². The van der Waals surface area contributed by atoms with E-state index in [1.54, 1.807) is 42.7 Å². The number of benzene rings is 1. The number of carbonyl (C=O) groups excluding carboxylic acids is 1. The number of hydrogen-bond donors (Lipinski definition) is 1. The molecule has 23 heavy (non-hydrogen) atoms. The summed E-state index contributed by atoms with van der Waals surface area (Å²) < 4.78 is 24.8. The van der Waals surface area contributed by atoms with Crippen molar-refractivity contribution in [2.45, 2.75) is 12.6 Å². The molecule has 0 radical (unpaired) electrons. The Bertz CT molecular complexity index is 749. The van der Waals surface area contributed by atoms with Gasteiger partial charge in [0.25, 0.3) is 0 Å². The SMILES string of the molecule is CN([C@H](C(=O)NCc1cccnc1)c1ccccc1)S(C)(=O)=O.